The fourth-order valence-electron chi connectivity index (χ4n) is 5.16. The van der Waals surface area contributed by atoms with Crippen LogP contribution in [-0.2, 0) is 49.6 Å². The Labute approximate surface area is 330 Å². The van der Waals surface area contributed by atoms with Gasteiger partial charge in [-0.15, -0.1) is 0 Å². The predicted molar refractivity (Wildman–Crippen MR) is 203 cm³/mol. The van der Waals surface area contributed by atoms with Gasteiger partial charge in [0.2, 0.25) is 47.3 Å². The molecule has 8 amide bonds. The van der Waals surface area contributed by atoms with E-state index in [1.54, 1.807) is 58.0 Å². The monoisotopic (exact) mass is 807 g/mol. The number of carbonyl (C=O) groups is 9. The molecule has 0 spiro atoms. The van der Waals surface area contributed by atoms with Crippen molar-refractivity contribution >= 4 is 53.2 Å². The van der Waals surface area contributed by atoms with Crippen LogP contribution in [0.3, 0.4) is 0 Å². The number of hydrogen-bond donors (Lipinski definition) is 12. The minimum atomic E-state index is -1.70. The fourth-order valence-corrected chi connectivity index (χ4v) is 5.16. The Bertz CT molecular complexity index is 1560. The van der Waals surface area contributed by atoms with Crippen LogP contribution in [0.5, 0.6) is 0 Å². The molecule has 0 saturated carbocycles. The Kier molecular flexibility index (Phi) is 21.4. The smallest absolute Gasteiger partial charge is 0.328 e. The third-order valence-electron chi connectivity index (χ3n) is 8.61. The van der Waals surface area contributed by atoms with Gasteiger partial charge < -0.3 is 64.0 Å². The number of carbonyl (C=O) groups excluding carboxylic acids is 8. The Balaban J connectivity index is 2.99. The Morgan fingerprint density at radius 1 is 0.667 bits per heavy atom. The van der Waals surface area contributed by atoms with E-state index in [4.69, 9.17) is 16.6 Å². The van der Waals surface area contributed by atoms with Gasteiger partial charge in [0.15, 0.2) is 0 Å². The lowest BCUT2D eigenvalue weighted by Gasteiger charge is -2.29. The second kappa shape index (κ2) is 24.8. The summed E-state index contributed by atoms with van der Waals surface area (Å²) in [4.78, 5) is 114. The summed E-state index contributed by atoms with van der Waals surface area (Å²) in [6, 6.07) is -0.943. The number of benzene rings is 1. The van der Waals surface area contributed by atoms with Crippen molar-refractivity contribution in [2.24, 2.45) is 23.3 Å². The first-order chi connectivity index (χ1) is 26.7. The lowest BCUT2D eigenvalue weighted by atomic mass is 9.96. The molecule has 14 N–H and O–H groups in total. The summed E-state index contributed by atoms with van der Waals surface area (Å²) >= 11 is 0. The maximum atomic E-state index is 13.6. The maximum Gasteiger partial charge on any atom is 0.328 e. The van der Waals surface area contributed by atoms with E-state index < -0.39 is 128 Å². The average molecular weight is 808 g/mol. The van der Waals surface area contributed by atoms with Crippen LogP contribution in [0, 0.1) is 11.8 Å². The molecule has 1 aromatic carbocycles. The number of primary amides is 1. The van der Waals surface area contributed by atoms with E-state index in [9.17, 15) is 53.4 Å². The molecule has 318 valence electrons. The molecule has 0 bridgehead atoms. The van der Waals surface area contributed by atoms with Gasteiger partial charge in [0, 0.05) is 6.42 Å². The number of rotatable bonds is 25. The first-order valence-corrected chi connectivity index (χ1v) is 18.4. The number of aliphatic hydroxyl groups excluding tert-OH is 2. The maximum absolute atomic E-state index is 13.6. The highest BCUT2D eigenvalue weighted by molar-refractivity contribution is 5.97. The minimum Gasteiger partial charge on any atom is -0.480 e. The highest BCUT2D eigenvalue weighted by atomic mass is 16.4. The molecule has 0 unspecified atom stereocenters. The van der Waals surface area contributed by atoms with Crippen molar-refractivity contribution in [1.29, 1.82) is 0 Å². The van der Waals surface area contributed by atoms with E-state index >= 15 is 0 Å². The average Bonchev–Trinajstić information content (AvgIpc) is 3.15. The van der Waals surface area contributed by atoms with Crippen LogP contribution >= 0.6 is 0 Å². The molecule has 0 aromatic heterocycles. The van der Waals surface area contributed by atoms with Crippen molar-refractivity contribution in [2.75, 3.05) is 19.8 Å². The van der Waals surface area contributed by atoms with Gasteiger partial charge >= 0.3 is 5.97 Å². The molecule has 8 atom stereocenters. The molecule has 1 rings (SSSR count). The summed E-state index contributed by atoms with van der Waals surface area (Å²) in [5, 5.41) is 44.7. The number of nitrogens with one attached hydrogen (secondary N) is 7. The number of amides is 8. The van der Waals surface area contributed by atoms with E-state index in [0.717, 1.165) is 0 Å². The number of aliphatic hydroxyl groups is 2. The summed E-state index contributed by atoms with van der Waals surface area (Å²) in [7, 11) is 0. The molecule has 0 aliphatic rings. The van der Waals surface area contributed by atoms with E-state index in [0.29, 0.717) is 12.0 Å². The Morgan fingerprint density at radius 3 is 1.74 bits per heavy atom. The summed E-state index contributed by atoms with van der Waals surface area (Å²) in [6.07, 6.45) is -0.00305. The second-order valence-electron chi connectivity index (χ2n) is 13.9. The normalized spacial score (nSPS) is 15.2. The van der Waals surface area contributed by atoms with E-state index in [-0.39, 0.29) is 18.8 Å². The number of carboxylic acids is 1. The molecule has 0 heterocycles. The van der Waals surface area contributed by atoms with Crippen molar-refractivity contribution in [3.63, 3.8) is 0 Å². The zero-order valence-corrected chi connectivity index (χ0v) is 32.7. The van der Waals surface area contributed by atoms with Crippen LogP contribution in [0.1, 0.15) is 59.4 Å². The van der Waals surface area contributed by atoms with Crippen molar-refractivity contribution in [1.82, 2.24) is 37.2 Å². The SMILES string of the molecule is CC[C@H](C)[C@H](NC(=O)[C@H](C)NC(=O)CNC(=O)[C@H](Cc1ccccc1)NC(=O)[C@@H](N)CC(N)=O)C(=O)N[C@@H](CC(C)C)C(=O)N[C@@H](CO)C(=O)N[C@@H](CO)C(=O)O. The third-order valence-corrected chi connectivity index (χ3v) is 8.61. The van der Waals surface area contributed by atoms with Gasteiger partial charge in [0.25, 0.3) is 0 Å². The molecule has 0 fully saturated rings. The van der Waals surface area contributed by atoms with Crippen molar-refractivity contribution in [3.05, 3.63) is 35.9 Å². The molecule has 1 aromatic rings. The largest absolute Gasteiger partial charge is 0.480 e. The first-order valence-electron chi connectivity index (χ1n) is 18.4. The third kappa shape index (κ3) is 17.8. The number of aliphatic carboxylic acids is 1. The number of carboxylic acid groups (broad SMARTS) is 1. The Morgan fingerprint density at radius 2 is 1.21 bits per heavy atom. The molecule has 21 nitrogen and oxygen atoms in total. The van der Waals surface area contributed by atoms with E-state index in [1.165, 1.54) is 6.92 Å². The summed E-state index contributed by atoms with van der Waals surface area (Å²) in [5.41, 5.74) is 11.5. The van der Waals surface area contributed by atoms with Crippen LogP contribution in [0.2, 0.25) is 0 Å². The first kappa shape index (κ1) is 49.3. The lowest BCUT2D eigenvalue weighted by Crippen LogP contribution is -2.60. The standard InChI is InChI=1S/C36H57N9O12/c1-6-19(4)29(35(55)42-23(12-18(2)3)33(53)43-25(16-46)34(54)44-26(17-47)36(56)57)45-30(50)20(5)40-28(49)15-39-32(52)24(13-21-10-8-7-9-11-21)41-31(51)22(37)14-27(38)48/h7-11,18-20,22-26,29,46-47H,6,12-17,37H2,1-5H3,(H2,38,48)(H,39,52)(H,40,49)(H,41,51)(H,42,55)(H,43,53)(H,44,54)(H,45,50)(H,56,57)/t19-,20-,22-,23-,24-,25-,26-,29-/m0/s1. The van der Waals surface area contributed by atoms with Crippen LogP contribution in [0.25, 0.3) is 0 Å². The second-order valence-corrected chi connectivity index (χ2v) is 13.9. The van der Waals surface area contributed by atoms with Crippen LogP contribution in [0.4, 0.5) is 0 Å². The summed E-state index contributed by atoms with van der Waals surface area (Å²) < 4.78 is 0. The highest BCUT2D eigenvalue weighted by Crippen LogP contribution is 2.12. The van der Waals surface area contributed by atoms with Crippen LogP contribution in [-0.4, -0.2) is 131 Å². The zero-order valence-electron chi connectivity index (χ0n) is 32.7. The molecule has 57 heavy (non-hydrogen) atoms. The van der Waals surface area contributed by atoms with E-state index in [1.807, 2.05) is 5.32 Å². The Hall–Kier alpha value is -5.67. The van der Waals surface area contributed by atoms with Gasteiger partial charge in [0.05, 0.1) is 32.2 Å². The molecule has 21 heteroatoms. The number of nitrogens with two attached hydrogens (primary N) is 2. The predicted octanol–water partition coefficient (Wildman–Crippen LogP) is -4.36. The number of hydrogen-bond acceptors (Lipinski definition) is 12. The molecule has 0 radical (unpaired) electrons. The van der Waals surface area contributed by atoms with Crippen LogP contribution in [0.15, 0.2) is 30.3 Å². The molecule has 0 aliphatic heterocycles. The van der Waals surface area contributed by atoms with Crippen molar-refractivity contribution in [2.45, 2.75) is 103 Å². The van der Waals surface area contributed by atoms with Crippen molar-refractivity contribution < 1.29 is 58.5 Å². The quantitative estimate of drug-likeness (QED) is 0.0445. The summed E-state index contributed by atoms with van der Waals surface area (Å²) in [5.74, 6) is -8.96. The molecule has 0 saturated heterocycles. The summed E-state index contributed by atoms with van der Waals surface area (Å²) in [6.45, 7) is 5.76. The molecule has 0 aliphatic carbocycles. The topological polar surface area (TPSA) is 351 Å². The van der Waals surface area contributed by atoms with Gasteiger partial charge in [-0.05, 0) is 30.7 Å². The van der Waals surface area contributed by atoms with E-state index in [2.05, 4.69) is 31.9 Å². The molecular weight excluding hydrogens is 750 g/mol. The van der Waals surface area contributed by atoms with Gasteiger partial charge in [0.1, 0.15) is 36.3 Å². The minimum absolute atomic E-state index is 0.00999. The fraction of sp³-hybridized carbons (Fsp3) is 0.583. The van der Waals surface area contributed by atoms with Gasteiger partial charge in [-0.3, -0.25) is 38.4 Å². The highest BCUT2D eigenvalue weighted by Gasteiger charge is 2.34. The zero-order chi connectivity index (χ0) is 43.4. The van der Waals surface area contributed by atoms with Gasteiger partial charge in [-0.1, -0.05) is 64.4 Å². The lowest BCUT2D eigenvalue weighted by molar-refractivity contribution is -0.143. The van der Waals surface area contributed by atoms with Gasteiger partial charge in [-0.2, -0.15) is 0 Å². The van der Waals surface area contributed by atoms with Crippen molar-refractivity contribution in [3.8, 4) is 0 Å². The van der Waals surface area contributed by atoms with Gasteiger partial charge in [-0.25, -0.2) is 4.79 Å². The van der Waals surface area contributed by atoms with Crippen LogP contribution < -0.4 is 48.7 Å². The molecular formula is C36H57N9O12.